The molecule has 2 unspecified atom stereocenters. The zero-order valence-corrected chi connectivity index (χ0v) is 14.7. The minimum absolute atomic E-state index is 0.142. The number of rotatable bonds is 5. The lowest BCUT2D eigenvalue weighted by Gasteiger charge is -2.31. The predicted octanol–water partition coefficient (Wildman–Crippen LogP) is 2.92. The first-order chi connectivity index (χ1) is 11.3. The molecule has 0 bridgehead atoms. The van der Waals surface area contributed by atoms with Crippen LogP contribution in [0.3, 0.4) is 0 Å². The minimum Gasteiger partial charge on any atom is -0.445 e. The maximum Gasteiger partial charge on any atom is 0.407 e. The van der Waals surface area contributed by atoms with Gasteiger partial charge in [0.1, 0.15) is 6.61 Å². The second kappa shape index (κ2) is 7.81. The molecule has 0 spiro atoms. The Labute approximate surface area is 142 Å². The van der Waals surface area contributed by atoms with Crippen LogP contribution < -0.4 is 5.32 Å². The van der Waals surface area contributed by atoms with Crippen LogP contribution in [0, 0.1) is 5.92 Å². The number of alkyl carbamates (subject to hydrolysis) is 1. The normalized spacial score (nSPS) is 21.5. The van der Waals surface area contributed by atoms with Crippen molar-refractivity contribution in [2.24, 2.45) is 5.92 Å². The first-order valence-corrected chi connectivity index (χ1v) is 9.33. The number of carbonyl (C=O) groups excluding carboxylic acids is 1. The van der Waals surface area contributed by atoms with Gasteiger partial charge in [-0.05, 0) is 38.2 Å². The highest BCUT2D eigenvalue weighted by molar-refractivity contribution is 7.86. The number of benzene rings is 1. The highest BCUT2D eigenvalue weighted by Crippen LogP contribution is 2.32. The Bertz CT molecular complexity index is 712. The number of allylic oxidation sites excluding steroid dienone is 2. The van der Waals surface area contributed by atoms with Gasteiger partial charge in [0.25, 0.3) is 10.1 Å². The largest absolute Gasteiger partial charge is 0.445 e. The number of hydrogen-bond donors (Lipinski definition) is 2. The molecular weight excluding hydrogens is 330 g/mol. The van der Waals surface area contributed by atoms with E-state index in [1.54, 1.807) is 0 Å². The van der Waals surface area contributed by atoms with Gasteiger partial charge in [-0.2, -0.15) is 8.42 Å². The number of nitrogens with one attached hydrogen (secondary N) is 1. The molecule has 0 radical (unpaired) electrons. The molecule has 0 saturated heterocycles. The van der Waals surface area contributed by atoms with Crippen molar-refractivity contribution >= 4 is 16.2 Å². The lowest BCUT2D eigenvalue weighted by molar-refractivity contribution is 0.137. The first kappa shape index (κ1) is 18.5. The molecular formula is C17H23NO5S. The highest BCUT2D eigenvalue weighted by Gasteiger charge is 2.36. The van der Waals surface area contributed by atoms with E-state index in [1.165, 1.54) is 0 Å². The van der Waals surface area contributed by atoms with Gasteiger partial charge >= 0.3 is 6.09 Å². The van der Waals surface area contributed by atoms with E-state index < -0.39 is 21.5 Å². The summed E-state index contributed by atoms with van der Waals surface area (Å²) in [6, 6.07) is 9.28. The first-order valence-electron chi connectivity index (χ1n) is 7.83. The van der Waals surface area contributed by atoms with Crippen LogP contribution in [0.4, 0.5) is 4.79 Å². The van der Waals surface area contributed by atoms with Gasteiger partial charge in [-0.1, -0.05) is 41.5 Å². The van der Waals surface area contributed by atoms with Gasteiger partial charge < -0.3 is 10.1 Å². The Hall–Kier alpha value is -1.86. The topological polar surface area (TPSA) is 92.7 Å². The van der Waals surface area contributed by atoms with Crippen molar-refractivity contribution in [3.8, 4) is 0 Å². The van der Waals surface area contributed by atoms with Crippen molar-refractivity contribution in [2.75, 3.05) is 6.54 Å². The Kier molecular flexibility index (Phi) is 6.01. The molecule has 0 aromatic heterocycles. The molecule has 0 fully saturated rings. The van der Waals surface area contributed by atoms with Gasteiger partial charge in [0.2, 0.25) is 0 Å². The Morgan fingerprint density at radius 3 is 2.46 bits per heavy atom. The zero-order chi connectivity index (χ0) is 17.7. The summed E-state index contributed by atoms with van der Waals surface area (Å²) in [5.74, 6) is -0.368. The lowest BCUT2D eigenvalue weighted by Crippen LogP contribution is -2.40. The fourth-order valence-electron chi connectivity index (χ4n) is 2.88. The van der Waals surface area contributed by atoms with Crippen molar-refractivity contribution in [1.82, 2.24) is 5.32 Å². The van der Waals surface area contributed by atoms with E-state index in [-0.39, 0.29) is 25.5 Å². The Balaban J connectivity index is 1.90. The van der Waals surface area contributed by atoms with Gasteiger partial charge in [-0.25, -0.2) is 4.79 Å². The van der Waals surface area contributed by atoms with E-state index in [4.69, 9.17) is 4.74 Å². The van der Waals surface area contributed by atoms with E-state index in [0.29, 0.717) is 6.42 Å². The summed E-state index contributed by atoms with van der Waals surface area (Å²) in [5, 5.41) is 1.71. The second-order valence-electron chi connectivity index (χ2n) is 6.23. The molecule has 1 aromatic rings. The molecule has 7 heteroatoms. The Morgan fingerprint density at radius 2 is 1.83 bits per heavy atom. The number of carbonyl (C=O) groups is 1. The zero-order valence-electron chi connectivity index (χ0n) is 13.9. The van der Waals surface area contributed by atoms with Gasteiger partial charge in [0, 0.05) is 6.54 Å². The summed E-state index contributed by atoms with van der Waals surface area (Å²) in [4.78, 5) is 11.8. The summed E-state index contributed by atoms with van der Waals surface area (Å²) in [5.41, 5.74) is 2.94. The van der Waals surface area contributed by atoms with E-state index in [9.17, 15) is 17.8 Å². The van der Waals surface area contributed by atoms with Crippen molar-refractivity contribution < 1.29 is 22.5 Å². The number of hydrogen-bond acceptors (Lipinski definition) is 4. The number of amides is 1. The molecule has 1 aliphatic carbocycles. The third-order valence-corrected chi connectivity index (χ3v) is 5.75. The van der Waals surface area contributed by atoms with E-state index in [0.717, 1.165) is 16.7 Å². The molecule has 0 heterocycles. The fourth-order valence-corrected chi connectivity index (χ4v) is 4.02. The highest BCUT2D eigenvalue weighted by atomic mass is 32.2. The van der Waals surface area contributed by atoms with E-state index >= 15 is 0 Å². The molecule has 2 rings (SSSR count). The van der Waals surface area contributed by atoms with Crippen LogP contribution in [0.25, 0.3) is 0 Å². The molecule has 132 valence electrons. The summed E-state index contributed by atoms with van der Waals surface area (Å²) in [6.07, 6.45) is 0.211. The second-order valence-corrected chi connectivity index (χ2v) is 7.86. The number of ether oxygens (including phenoxy) is 1. The van der Waals surface area contributed by atoms with E-state index in [2.05, 4.69) is 5.32 Å². The molecule has 1 aliphatic rings. The molecule has 2 N–H and O–H groups in total. The third kappa shape index (κ3) is 5.07. The van der Waals surface area contributed by atoms with Crippen molar-refractivity contribution in [3.05, 3.63) is 47.0 Å². The van der Waals surface area contributed by atoms with Crippen LogP contribution >= 0.6 is 0 Å². The maximum atomic E-state index is 11.8. The minimum atomic E-state index is -4.16. The van der Waals surface area contributed by atoms with Crippen LogP contribution in [-0.4, -0.2) is 30.9 Å². The third-order valence-electron chi connectivity index (χ3n) is 4.43. The molecule has 0 aliphatic heterocycles. The van der Waals surface area contributed by atoms with Crippen LogP contribution in [0.1, 0.15) is 32.3 Å². The van der Waals surface area contributed by atoms with E-state index in [1.807, 2.05) is 44.2 Å². The van der Waals surface area contributed by atoms with Gasteiger partial charge in [0.05, 0.1) is 5.25 Å². The SMILES string of the molecule is CC1=C(C)CC(S(=O)(=O)O)C(CNC(=O)OCc2ccccc2)C1. The van der Waals surface area contributed by atoms with Gasteiger partial charge in [-0.3, -0.25) is 4.55 Å². The Morgan fingerprint density at radius 1 is 1.21 bits per heavy atom. The average Bonchev–Trinajstić information content (AvgIpc) is 2.53. The quantitative estimate of drug-likeness (QED) is 0.627. The molecule has 0 saturated carbocycles. The van der Waals surface area contributed by atoms with Crippen LogP contribution in [0.5, 0.6) is 0 Å². The van der Waals surface area contributed by atoms with Gasteiger partial charge in [-0.15, -0.1) is 0 Å². The van der Waals surface area contributed by atoms with Crippen LogP contribution in [-0.2, 0) is 21.5 Å². The molecule has 6 nitrogen and oxygen atoms in total. The van der Waals surface area contributed by atoms with Crippen molar-refractivity contribution in [1.29, 1.82) is 0 Å². The van der Waals surface area contributed by atoms with Crippen LogP contribution in [0.15, 0.2) is 41.5 Å². The molecule has 2 atom stereocenters. The predicted molar refractivity (Wildman–Crippen MR) is 91.1 cm³/mol. The fraction of sp³-hybridized carbons (Fsp3) is 0.471. The smallest absolute Gasteiger partial charge is 0.407 e. The van der Waals surface area contributed by atoms with Gasteiger partial charge in [0.15, 0.2) is 0 Å². The van der Waals surface area contributed by atoms with Crippen molar-refractivity contribution in [3.63, 3.8) is 0 Å². The standard InChI is InChI=1S/C17H23NO5S/c1-12-8-15(16(9-13(12)2)24(20,21)22)10-18-17(19)23-11-14-6-4-3-5-7-14/h3-7,15-16H,8-11H2,1-2H3,(H,18,19)(H,20,21,22). The summed E-state index contributed by atoms with van der Waals surface area (Å²) in [6.45, 7) is 4.10. The molecule has 1 aromatic carbocycles. The summed E-state index contributed by atoms with van der Waals surface area (Å²) in [7, 11) is -4.16. The monoisotopic (exact) mass is 353 g/mol. The lowest BCUT2D eigenvalue weighted by atomic mass is 9.84. The molecule has 1 amide bonds. The molecule has 24 heavy (non-hydrogen) atoms. The van der Waals surface area contributed by atoms with Crippen LogP contribution in [0.2, 0.25) is 0 Å². The average molecular weight is 353 g/mol. The summed E-state index contributed by atoms with van der Waals surface area (Å²) >= 11 is 0. The maximum absolute atomic E-state index is 11.8. The summed E-state index contributed by atoms with van der Waals surface area (Å²) < 4.78 is 37.7. The van der Waals surface area contributed by atoms with Crippen molar-refractivity contribution in [2.45, 2.75) is 38.5 Å².